The molecule has 3 heterocycles. The number of halogens is 2. The number of primary amides is 1. The highest BCUT2D eigenvalue weighted by atomic mass is 35.5. The van der Waals surface area contributed by atoms with Gasteiger partial charge in [0.1, 0.15) is 33.6 Å². The van der Waals surface area contributed by atoms with Gasteiger partial charge in [-0.2, -0.15) is 0 Å². The first-order chi connectivity index (χ1) is 23.9. The third-order valence-corrected chi connectivity index (χ3v) is 12.8. The van der Waals surface area contributed by atoms with E-state index in [1.54, 1.807) is 4.90 Å². The number of benzene rings is 3. The Morgan fingerprint density at radius 1 is 0.940 bits per heavy atom. The zero-order valence-electron chi connectivity index (χ0n) is 29.1. The number of likely N-dealkylation sites (tertiary alicyclic amines) is 1. The van der Waals surface area contributed by atoms with Crippen molar-refractivity contribution in [3.05, 3.63) is 93.0 Å². The van der Waals surface area contributed by atoms with E-state index in [9.17, 15) is 9.00 Å². The number of nitrogens with two attached hydrogens (primary N) is 1. The first-order valence-electron chi connectivity index (χ1n) is 17.3. The van der Waals surface area contributed by atoms with Gasteiger partial charge in [-0.1, -0.05) is 47.5 Å². The van der Waals surface area contributed by atoms with Crippen LogP contribution in [0.3, 0.4) is 0 Å². The highest BCUT2D eigenvalue weighted by Crippen LogP contribution is 2.54. The van der Waals surface area contributed by atoms with Crippen LogP contribution in [0.4, 0.5) is 4.79 Å². The Balaban J connectivity index is 1.57. The molecule has 3 amide bonds. The molecule has 0 bridgehead atoms. The Hall–Kier alpha value is -3.44. The fourth-order valence-electron chi connectivity index (χ4n) is 7.61. The van der Waals surface area contributed by atoms with Gasteiger partial charge in [-0.25, -0.2) is 13.3 Å². The fourth-order valence-corrected chi connectivity index (χ4v) is 9.29. The second-order valence-electron chi connectivity index (χ2n) is 13.7. The fraction of sp³-hybridized carbons (Fsp3) is 0.447. The summed E-state index contributed by atoms with van der Waals surface area (Å²) >= 11 is 12.8. The Morgan fingerprint density at radius 2 is 1.52 bits per heavy atom. The second kappa shape index (κ2) is 14.7. The van der Waals surface area contributed by atoms with Gasteiger partial charge in [-0.05, 0) is 112 Å². The van der Waals surface area contributed by atoms with Crippen molar-refractivity contribution in [2.24, 2.45) is 16.6 Å². The van der Waals surface area contributed by atoms with E-state index >= 15 is 4.79 Å². The predicted molar refractivity (Wildman–Crippen MR) is 199 cm³/mol. The monoisotopic (exact) mass is 737 g/mol. The third kappa shape index (κ3) is 6.67. The number of carbonyl (C=O) groups is 2. The molecule has 9 nitrogen and oxygen atoms in total. The molecule has 3 unspecified atom stereocenters. The second-order valence-corrected chi connectivity index (χ2v) is 16.1. The molecule has 0 spiro atoms. The van der Waals surface area contributed by atoms with Crippen LogP contribution in [0.25, 0.3) is 0 Å². The van der Waals surface area contributed by atoms with E-state index < -0.39 is 22.1 Å². The summed E-state index contributed by atoms with van der Waals surface area (Å²) in [4.78, 5) is 36.8. The number of aliphatic imine (C=N–C) groups is 1. The first-order valence-corrected chi connectivity index (χ1v) is 19.2. The number of piperidine rings is 1. The molecule has 3 aliphatic rings. The molecular weight excluding hydrogens is 693 g/mol. The Kier molecular flexibility index (Phi) is 10.7. The van der Waals surface area contributed by atoms with Crippen LogP contribution < -0.4 is 10.5 Å². The molecule has 3 aromatic carbocycles. The number of urea groups is 1. The van der Waals surface area contributed by atoms with Crippen LogP contribution in [0.5, 0.6) is 5.75 Å². The lowest BCUT2D eigenvalue weighted by Crippen LogP contribution is -2.59. The number of amidine groups is 1. The molecule has 3 atom stereocenters. The average molecular weight is 739 g/mol. The number of rotatable bonds is 9. The topological polar surface area (TPSA) is 109 Å². The molecule has 266 valence electrons. The minimum absolute atomic E-state index is 0.120. The van der Waals surface area contributed by atoms with Crippen LogP contribution >= 0.6 is 23.2 Å². The van der Waals surface area contributed by atoms with Crippen molar-refractivity contribution in [2.75, 3.05) is 32.8 Å². The van der Waals surface area contributed by atoms with Crippen LogP contribution in [-0.2, 0) is 26.9 Å². The van der Waals surface area contributed by atoms with E-state index in [2.05, 4.69) is 0 Å². The summed E-state index contributed by atoms with van der Waals surface area (Å²) in [5.74, 6) is 0.771. The van der Waals surface area contributed by atoms with E-state index in [1.807, 2.05) is 97.6 Å². The lowest BCUT2D eigenvalue weighted by molar-refractivity contribution is -0.119. The van der Waals surface area contributed by atoms with E-state index in [0.29, 0.717) is 71.0 Å². The summed E-state index contributed by atoms with van der Waals surface area (Å²) in [6, 6.07) is 18.7. The predicted octanol–water partition coefficient (Wildman–Crippen LogP) is 7.42. The number of nitrogens with zero attached hydrogens (tertiary/aromatic N) is 4. The van der Waals surface area contributed by atoms with Crippen LogP contribution in [0, 0.1) is 12.8 Å². The van der Waals surface area contributed by atoms with Crippen molar-refractivity contribution in [3.8, 4) is 5.75 Å². The smallest absolute Gasteiger partial charge is 0.326 e. The first kappa shape index (κ1) is 36.4. The van der Waals surface area contributed by atoms with Gasteiger partial charge in [0, 0.05) is 42.6 Å². The summed E-state index contributed by atoms with van der Waals surface area (Å²) in [5.41, 5.74) is 6.56. The van der Waals surface area contributed by atoms with Crippen LogP contribution in [0.2, 0.25) is 10.0 Å². The largest absolute Gasteiger partial charge is 0.493 e. The summed E-state index contributed by atoms with van der Waals surface area (Å²) in [6.45, 7) is 10.8. The highest BCUT2D eigenvalue weighted by molar-refractivity contribution is 7.82. The summed E-state index contributed by atoms with van der Waals surface area (Å²) in [7, 11) is -1.40. The quantitative estimate of drug-likeness (QED) is 0.247. The molecule has 12 heteroatoms. The standard InChI is InChI=1S/C38H45Cl2N5O4S/c1-5-49-32-22-25(2)33(50(48)44-18-6-7-19-44)24-31(32)35-42-37(3,27-8-12-29(39)13-9-27)38(4,28-10-14-30(40)15-11-28)45(35)36(47)43-20-16-26(17-21-43)23-34(41)46/h8-15,22,24,26H,5-7,16-21,23H2,1-4H3,(H2,41,46). The zero-order chi connectivity index (χ0) is 35.8. The van der Waals surface area contributed by atoms with Crippen molar-refractivity contribution >= 4 is 52.0 Å². The molecule has 0 saturated carbocycles. The van der Waals surface area contributed by atoms with Gasteiger partial charge in [0.05, 0.1) is 17.1 Å². The third-order valence-electron chi connectivity index (χ3n) is 10.6. The normalized spacial score (nSPS) is 23.6. The maximum absolute atomic E-state index is 15.2. The molecule has 3 aliphatic heterocycles. The molecule has 0 radical (unpaired) electrons. The van der Waals surface area contributed by atoms with Gasteiger partial charge in [-0.3, -0.25) is 14.7 Å². The molecule has 2 fully saturated rings. The van der Waals surface area contributed by atoms with Crippen LogP contribution in [0.1, 0.15) is 75.1 Å². The van der Waals surface area contributed by atoms with Crippen LogP contribution in [0.15, 0.2) is 70.6 Å². The molecule has 2 saturated heterocycles. The van der Waals surface area contributed by atoms with Gasteiger partial charge >= 0.3 is 6.03 Å². The Morgan fingerprint density at radius 3 is 2.08 bits per heavy atom. The number of hydrogen-bond donors (Lipinski definition) is 1. The lowest BCUT2D eigenvalue weighted by atomic mass is 9.71. The van der Waals surface area contributed by atoms with Gasteiger partial charge < -0.3 is 15.4 Å². The molecule has 2 N–H and O–H groups in total. The molecule has 0 aliphatic carbocycles. The lowest BCUT2D eigenvalue weighted by Gasteiger charge is -2.47. The van der Waals surface area contributed by atoms with E-state index in [4.69, 9.17) is 38.7 Å². The number of ether oxygens (including phenoxy) is 1. The molecule has 3 aromatic rings. The average Bonchev–Trinajstić information content (AvgIpc) is 3.71. The van der Waals surface area contributed by atoms with Crippen molar-refractivity contribution in [1.29, 1.82) is 0 Å². The minimum atomic E-state index is -1.40. The van der Waals surface area contributed by atoms with E-state index in [1.165, 1.54) is 0 Å². The molecule has 6 rings (SSSR count). The SMILES string of the molecule is CCOc1cc(C)c(S(=O)N2CCCC2)cc1C1=NC(C)(c2ccc(Cl)cc2)C(C)(c2ccc(Cl)cc2)N1C(=O)N1CCC(CC(N)=O)CC1. The van der Waals surface area contributed by atoms with Gasteiger partial charge in [0.15, 0.2) is 0 Å². The number of amides is 3. The van der Waals surface area contributed by atoms with Crippen molar-refractivity contribution < 1.29 is 18.5 Å². The van der Waals surface area contributed by atoms with Crippen molar-refractivity contribution in [2.45, 2.75) is 75.8 Å². The summed E-state index contributed by atoms with van der Waals surface area (Å²) in [5, 5.41) is 1.16. The molecule has 0 aromatic heterocycles. The Bertz CT molecular complexity index is 1810. The van der Waals surface area contributed by atoms with E-state index in [0.717, 1.165) is 42.6 Å². The minimum Gasteiger partial charge on any atom is -0.493 e. The van der Waals surface area contributed by atoms with Crippen LogP contribution in [-0.4, -0.2) is 68.9 Å². The summed E-state index contributed by atoms with van der Waals surface area (Å²) < 4.78 is 22.3. The number of aryl methyl sites for hydroxylation is 1. The van der Waals surface area contributed by atoms with Gasteiger partial charge in [0.2, 0.25) is 5.91 Å². The molecular formula is C38H45Cl2N5O4S. The molecule has 50 heavy (non-hydrogen) atoms. The van der Waals surface area contributed by atoms with Gasteiger partial charge in [-0.15, -0.1) is 0 Å². The maximum Gasteiger partial charge on any atom is 0.326 e. The van der Waals surface area contributed by atoms with E-state index in [-0.39, 0.29) is 17.9 Å². The summed E-state index contributed by atoms with van der Waals surface area (Å²) in [6.07, 6.45) is 3.62. The number of carbonyl (C=O) groups excluding carboxylic acids is 2. The number of hydrogen-bond acceptors (Lipinski definition) is 5. The van der Waals surface area contributed by atoms with Crippen molar-refractivity contribution in [1.82, 2.24) is 14.1 Å². The van der Waals surface area contributed by atoms with Gasteiger partial charge in [0.25, 0.3) is 0 Å². The Labute approximate surface area is 307 Å². The zero-order valence-corrected chi connectivity index (χ0v) is 31.4. The maximum atomic E-state index is 15.2. The van der Waals surface area contributed by atoms with Crippen molar-refractivity contribution in [3.63, 3.8) is 0 Å². The highest BCUT2D eigenvalue weighted by Gasteiger charge is 2.60.